The molecule has 1 aromatic carbocycles. The van der Waals surface area contributed by atoms with E-state index >= 15 is 0 Å². The molecule has 0 bridgehead atoms. The lowest BCUT2D eigenvalue weighted by molar-refractivity contribution is 0.209. The van der Waals surface area contributed by atoms with Gasteiger partial charge < -0.3 is 5.32 Å². The number of thiophene rings is 1. The number of nitrogens with zero attached hydrogens (tertiary/aromatic N) is 3. The summed E-state index contributed by atoms with van der Waals surface area (Å²) in [5.74, 6) is 0.736. The molecule has 5 heteroatoms. The van der Waals surface area contributed by atoms with Crippen LogP contribution in [0.15, 0.2) is 48.1 Å². The predicted octanol–water partition coefficient (Wildman–Crippen LogP) is 3.77. The minimum Gasteiger partial charge on any atom is -0.350 e. The fourth-order valence-electron chi connectivity index (χ4n) is 3.27. The molecule has 1 fully saturated rings. The first-order valence-corrected chi connectivity index (χ1v) is 8.97. The van der Waals surface area contributed by atoms with Gasteiger partial charge in [-0.3, -0.25) is 4.90 Å². The lowest BCUT2D eigenvalue weighted by Crippen LogP contribution is -2.41. The molecule has 0 radical (unpaired) electrons. The van der Waals surface area contributed by atoms with Crippen molar-refractivity contribution in [3.8, 4) is 0 Å². The molecule has 1 N–H and O–H groups in total. The Labute approximate surface area is 140 Å². The van der Waals surface area contributed by atoms with Crippen LogP contribution in [-0.4, -0.2) is 34.0 Å². The Balaban J connectivity index is 1.43. The zero-order valence-corrected chi connectivity index (χ0v) is 13.8. The lowest BCUT2D eigenvalue weighted by Gasteiger charge is -2.33. The molecule has 4 rings (SSSR count). The number of rotatable bonds is 4. The standard InChI is InChI=1S/C18H20N4S/c1-2-7-17-16(6-1)14(13-23-17)11-22-10-3-5-15(12-22)21-18-19-8-4-9-20-18/h1-2,4,6-9,13,15H,3,5,10-12H2,(H,19,20,21). The molecule has 1 aliphatic rings. The molecule has 1 aliphatic heterocycles. The van der Waals surface area contributed by atoms with Crippen molar-refractivity contribution in [2.24, 2.45) is 0 Å². The normalized spacial score (nSPS) is 19.0. The van der Waals surface area contributed by atoms with Gasteiger partial charge in [0.15, 0.2) is 0 Å². The average molecular weight is 324 g/mol. The third kappa shape index (κ3) is 3.35. The highest BCUT2D eigenvalue weighted by molar-refractivity contribution is 7.17. The molecule has 1 saturated heterocycles. The van der Waals surface area contributed by atoms with E-state index < -0.39 is 0 Å². The molecule has 118 valence electrons. The van der Waals surface area contributed by atoms with Gasteiger partial charge in [0.25, 0.3) is 0 Å². The zero-order valence-electron chi connectivity index (χ0n) is 13.0. The maximum atomic E-state index is 4.28. The summed E-state index contributed by atoms with van der Waals surface area (Å²) >= 11 is 1.84. The maximum absolute atomic E-state index is 4.28. The van der Waals surface area contributed by atoms with Gasteiger partial charge in [-0.05, 0) is 47.8 Å². The Kier molecular flexibility index (Phi) is 4.22. The Bertz CT molecular complexity index is 771. The van der Waals surface area contributed by atoms with Crippen molar-refractivity contribution in [3.63, 3.8) is 0 Å². The zero-order chi connectivity index (χ0) is 15.5. The SMILES string of the molecule is c1cnc(NC2CCCN(Cc3csc4ccccc34)C2)nc1. The molecular weight excluding hydrogens is 304 g/mol. The van der Waals surface area contributed by atoms with Gasteiger partial charge in [0, 0.05) is 36.2 Å². The first-order valence-electron chi connectivity index (χ1n) is 8.09. The van der Waals surface area contributed by atoms with Gasteiger partial charge in [-0.15, -0.1) is 11.3 Å². The quantitative estimate of drug-likeness (QED) is 0.793. The number of hydrogen-bond donors (Lipinski definition) is 1. The van der Waals surface area contributed by atoms with Crippen LogP contribution in [0.5, 0.6) is 0 Å². The van der Waals surface area contributed by atoms with Gasteiger partial charge in [0.2, 0.25) is 5.95 Å². The molecule has 1 unspecified atom stereocenters. The Morgan fingerprint density at radius 3 is 2.96 bits per heavy atom. The van der Waals surface area contributed by atoms with Gasteiger partial charge in [0.1, 0.15) is 0 Å². The number of fused-ring (bicyclic) bond motifs is 1. The van der Waals surface area contributed by atoms with Crippen molar-refractivity contribution in [1.29, 1.82) is 0 Å². The third-order valence-electron chi connectivity index (χ3n) is 4.36. The first-order chi connectivity index (χ1) is 11.4. The van der Waals surface area contributed by atoms with Crippen molar-refractivity contribution < 1.29 is 0 Å². The summed E-state index contributed by atoms with van der Waals surface area (Å²) in [5.41, 5.74) is 1.45. The van der Waals surface area contributed by atoms with E-state index in [9.17, 15) is 0 Å². The van der Waals surface area contributed by atoms with Crippen LogP contribution in [0.2, 0.25) is 0 Å². The Morgan fingerprint density at radius 1 is 1.17 bits per heavy atom. The molecule has 0 saturated carbocycles. The summed E-state index contributed by atoms with van der Waals surface area (Å²) in [6.07, 6.45) is 5.96. The number of hydrogen-bond acceptors (Lipinski definition) is 5. The summed E-state index contributed by atoms with van der Waals surface area (Å²) in [6.45, 7) is 3.23. The highest BCUT2D eigenvalue weighted by atomic mass is 32.1. The van der Waals surface area contributed by atoms with E-state index in [2.05, 4.69) is 49.8 Å². The summed E-state index contributed by atoms with van der Waals surface area (Å²) in [4.78, 5) is 11.1. The summed E-state index contributed by atoms with van der Waals surface area (Å²) < 4.78 is 1.38. The number of likely N-dealkylation sites (tertiary alicyclic amines) is 1. The van der Waals surface area contributed by atoms with Crippen LogP contribution in [0.4, 0.5) is 5.95 Å². The second kappa shape index (κ2) is 6.64. The second-order valence-corrected chi connectivity index (χ2v) is 6.96. The Morgan fingerprint density at radius 2 is 2.04 bits per heavy atom. The smallest absolute Gasteiger partial charge is 0.222 e. The van der Waals surface area contributed by atoms with E-state index in [0.717, 1.165) is 25.6 Å². The third-order valence-corrected chi connectivity index (χ3v) is 5.37. The fraction of sp³-hybridized carbons (Fsp3) is 0.333. The van der Waals surface area contributed by atoms with Crippen LogP contribution < -0.4 is 5.32 Å². The molecule has 0 aliphatic carbocycles. The van der Waals surface area contributed by atoms with Gasteiger partial charge in [-0.2, -0.15) is 0 Å². The topological polar surface area (TPSA) is 41.1 Å². The van der Waals surface area contributed by atoms with Gasteiger partial charge in [0.05, 0.1) is 0 Å². The van der Waals surface area contributed by atoms with Crippen LogP contribution >= 0.6 is 11.3 Å². The maximum Gasteiger partial charge on any atom is 0.222 e. The summed E-state index contributed by atoms with van der Waals surface area (Å²) in [7, 11) is 0. The highest BCUT2D eigenvalue weighted by Gasteiger charge is 2.21. The molecule has 0 spiro atoms. The minimum atomic E-state index is 0.427. The predicted molar refractivity (Wildman–Crippen MR) is 95.8 cm³/mol. The second-order valence-electron chi connectivity index (χ2n) is 6.05. The first kappa shape index (κ1) is 14.6. The highest BCUT2D eigenvalue weighted by Crippen LogP contribution is 2.27. The van der Waals surface area contributed by atoms with E-state index in [-0.39, 0.29) is 0 Å². The van der Waals surface area contributed by atoms with E-state index in [0.29, 0.717) is 6.04 Å². The molecular formula is C18H20N4S. The van der Waals surface area contributed by atoms with Crippen molar-refractivity contribution in [1.82, 2.24) is 14.9 Å². The van der Waals surface area contributed by atoms with Crippen molar-refractivity contribution in [2.45, 2.75) is 25.4 Å². The van der Waals surface area contributed by atoms with Crippen LogP contribution in [-0.2, 0) is 6.54 Å². The van der Waals surface area contributed by atoms with Gasteiger partial charge in [-0.25, -0.2) is 9.97 Å². The number of anilines is 1. The lowest BCUT2D eigenvalue weighted by atomic mass is 10.0. The van der Waals surface area contributed by atoms with Crippen molar-refractivity contribution in [2.75, 3.05) is 18.4 Å². The van der Waals surface area contributed by atoms with Crippen LogP contribution in [0, 0.1) is 0 Å². The van der Waals surface area contributed by atoms with Crippen LogP contribution in [0.25, 0.3) is 10.1 Å². The largest absolute Gasteiger partial charge is 0.350 e. The minimum absolute atomic E-state index is 0.427. The summed E-state index contributed by atoms with van der Waals surface area (Å²) in [5, 5.41) is 7.18. The van der Waals surface area contributed by atoms with Gasteiger partial charge in [-0.1, -0.05) is 18.2 Å². The number of aromatic nitrogens is 2. The molecule has 23 heavy (non-hydrogen) atoms. The molecule has 1 atom stereocenters. The van der Waals surface area contributed by atoms with E-state index in [1.165, 1.54) is 28.5 Å². The molecule has 2 aromatic heterocycles. The molecule has 3 aromatic rings. The van der Waals surface area contributed by atoms with Crippen LogP contribution in [0.3, 0.4) is 0 Å². The van der Waals surface area contributed by atoms with Crippen molar-refractivity contribution >= 4 is 27.4 Å². The fourth-order valence-corrected chi connectivity index (χ4v) is 4.22. The molecule has 3 heterocycles. The number of nitrogens with one attached hydrogen (secondary N) is 1. The van der Waals surface area contributed by atoms with E-state index in [4.69, 9.17) is 0 Å². The van der Waals surface area contributed by atoms with Crippen LogP contribution in [0.1, 0.15) is 18.4 Å². The summed E-state index contributed by atoms with van der Waals surface area (Å²) in [6, 6.07) is 11.0. The monoisotopic (exact) mass is 324 g/mol. The molecule has 0 amide bonds. The van der Waals surface area contributed by atoms with E-state index in [1.807, 2.05) is 17.4 Å². The molecule has 4 nitrogen and oxygen atoms in total. The van der Waals surface area contributed by atoms with Gasteiger partial charge >= 0.3 is 0 Å². The average Bonchev–Trinajstić information content (AvgIpc) is 2.99. The van der Waals surface area contributed by atoms with Crippen molar-refractivity contribution in [3.05, 3.63) is 53.7 Å². The number of benzene rings is 1. The van der Waals surface area contributed by atoms with E-state index in [1.54, 1.807) is 12.4 Å². The number of piperidine rings is 1. The Hall–Kier alpha value is -1.98.